The molecule has 6 heteroatoms. The van der Waals surface area contributed by atoms with Crippen molar-refractivity contribution in [1.29, 1.82) is 0 Å². The van der Waals surface area contributed by atoms with Gasteiger partial charge in [0, 0.05) is 5.75 Å². The maximum absolute atomic E-state index is 12.0. The van der Waals surface area contributed by atoms with E-state index in [-0.39, 0.29) is 11.4 Å². The zero-order valence-electron chi connectivity index (χ0n) is 12.6. The van der Waals surface area contributed by atoms with Crippen LogP contribution in [0.4, 0.5) is 0 Å². The Morgan fingerprint density at radius 2 is 2.05 bits per heavy atom. The van der Waals surface area contributed by atoms with Gasteiger partial charge in [-0.05, 0) is 45.1 Å². The van der Waals surface area contributed by atoms with E-state index in [4.69, 9.17) is 9.47 Å². The molecule has 0 aromatic carbocycles. The molecule has 1 saturated heterocycles. The van der Waals surface area contributed by atoms with E-state index < -0.39 is 17.5 Å². The van der Waals surface area contributed by atoms with Crippen LogP contribution in [0.3, 0.4) is 0 Å². The summed E-state index contributed by atoms with van der Waals surface area (Å²) in [5.41, 5.74) is -0.697. The van der Waals surface area contributed by atoms with Gasteiger partial charge >= 0.3 is 11.9 Å². The minimum absolute atomic E-state index is 0.129. The summed E-state index contributed by atoms with van der Waals surface area (Å²) in [5, 5.41) is 0. The highest BCUT2D eigenvalue weighted by atomic mass is 32.2. The number of carbonyl (C=O) groups excluding carboxylic acids is 2. The topological polar surface area (TPSA) is 52.6 Å². The van der Waals surface area contributed by atoms with Gasteiger partial charge < -0.3 is 9.47 Å². The minimum Gasteiger partial charge on any atom is -0.450 e. The lowest BCUT2D eigenvalue weighted by Crippen LogP contribution is -2.34. The molecule has 0 saturated carbocycles. The molecule has 2 unspecified atom stereocenters. The van der Waals surface area contributed by atoms with Crippen LogP contribution in [0.1, 0.15) is 40.5 Å². The number of esters is 2. The van der Waals surface area contributed by atoms with Gasteiger partial charge in [0.1, 0.15) is 0 Å². The highest BCUT2D eigenvalue weighted by molar-refractivity contribution is 8.03. The lowest BCUT2D eigenvalue weighted by molar-refractivity contribution is -0.172. The second-order valence-corrected chi connectivity index (χ2v) is 7.87. The van der Waals surface area contributed by atoms with Gasteiger partial charge in [0.05, 0.1) is 5.41 Å². The van der Waals surface area contributed by atoms with Gasteiger partial charge in [-0.3, -0.25) is 4.79 Å². The lowest BCUT2D eigenvalue weighted by atomic mass is 9.91. The molecule has 0 radical (unpaired) electrons. The Morgan fingerprint density at radius 3 is 2.70 bits per heavy atom. The van der Waals surface area contributed by atoms with E-state index in [1.165, 1.54) is 0 Å². The van der Waals surface area contributed by atoms with Crippen LogP contribution in [0.15, 0.2) is 0 Å². The van der Waals surface area contributed by atoms with Crippen LogP contribution in [0.25, 0.3) is 0 Å². The molecule has 2 atom stereocenters. The fourth-order valence-electron chi connectivity index (χ4n) is 1.41. The monoisotopic (exact) mass is 320 g/mol. The van der Waals surface area contributed by atoms with Gasteiger partial charge in [0.25, 0.3) is 0 Å². The molecule has 1 heterocycles. The predicted molar refractivity (Wildman–Crippen MR) is 83.9 cm³/mol. The summed E-state index contributed by atoms with van der Waals surface area (Å²) in [6.07, 6.45) is 0.962. The zero-order valence-corrected chi connectivity index (χ0v) is 14.3. The molecular weight excluding hydrogens is 296 g/mol. The molecule has 0 aromatic heterocycles. The maximum Gasteiger partial charge on any atom is 0.348 e. The van der Waals surface area contributed by atoms with E-state index in [1.807, 2.05) is 20.8 Å². The fraction of sp³-hybridized carbons (Fsp3) is 0.857. The molecule has 0 N–H and O–H groups in total. The van der Waals surface area contributed by atoms with Crippen LogP contribution in [0.2, 0.25) is 0 Å². The smallest absolute Gasteiger partial charge is 0.348 e. The van der Waals surface area contributed by atoms with Crippen molar-refractivity contribution in [3.05, 3.63) is 0 Å². The normalized spacial score (nSPS) is 21.7. The molecule has 0 spiro atoms. The number of hydrogen-bond acceptors (Lipinski definition) is 6. The van der Waals surface area contributed by atoms with Crippen molar-refractivity contribution in [2.75, 3.05) is 17.3 Å². The molecule has 1 aliphatic heterocycles. The molecule has 0 aliphatic carbocycles. The first kappa shape index (κ1) is 17.7. The molecular formula is C14H24O4S2. The molecule has 1 rings (SSSR count). The number of carbonyl (C=O) groups is 2. The van der Waals surface area contributed by atoms with Crippen LogP contribution in [0.5, 0.6) is 0 Å². The van der Waals surface area contributed by atoms with Crippen LogP contribution in [-0.2, 0) is 19.1 Å². The summed E-state index contributed by atoms with van der Waals surface area (Å²) in [5.74, 6) is 2.10. The van der Waals surface area contributed by atoms with Gasteiger partial charge in [0.15, 0.2) is 11.5 Å². The van der Waals surface area contributed by atoms with E-state index >= 15 is 0 Å². The summed E-state index contributed by atoms with van der Waals surface area (Å²) < 4.78 is 10.6. The second-order valence-electron chi connectivity index (χ2n) is 5.45. The molecule has 116 valence electrons. The Hall–Kier alpha value is -0.360. The summed E-state index contributed by atoms with van der Waals surface area (Å²) in [7, 11) is 0. The van der Waals surface area contributed by atoms with Crippen molar-refractivity contribution in [2.45, 2.75) is 52.1 Å². The third-order valence-electron chi connectivity index (χ3n) is 3.29. The van der Waals surface area contributed by atoms with Crippen molar-refractivity contribution >= 4 is 35.5 Å². The van der Waals surface area contributed by atoms with E-state index in [0.29, 0.717) is 6.42 Å². The molecule has 0 amide bonds. The van der Waals surface area contributed by atoms with Gasteiger partial charge in [-0.15, -0.1) is 11.8 Å². The molecule has 1 aliphatic rings. The summed E-state index contributed by atoms with van der Waals surface area (Å²) in [4.78, 5) is 23.9. The molecule has 0 bridgehead atoms. The third-order valence-corrected chi connectivity index (χ3v) is 5.78. The van der Waals surface area contributed by atoms with Crippen LogP contribution in [0, 0.1) is 5.41 Å². The van der Waals surface area contributed by atoms with Gasteiger partial charge in [-0.25, -0.2) is 4.79 Å². The summed E-state index contributed by atoms with van der Waals surface area (Å²) >= 11 is 3.45. The number of rotatable bonds is 5. The van der Waals surface area contributed by atoms with Crippen LogP contribution in [-0.4, -0.2) is 40.7 Å². The number of ether oxygens (including phenoxy) is 2. The van der Waals surface area contributed by atoms with Gasteiger partial charge in [0.2, 0.25) is 0 Å². The van der Waals surface area contributed by atoms with Crippen molar-refractivity contribution in [1.82, 2.24) is 0 Å². The van der Waals surface area contributed by atoms with E-state index in [9.17, 15) is 9.59 Å². The Balaban J connectivity index is 2.44. The lowest BCUT2D eigenvalue weighted by Gasteiger charge is -2.23. The van der Waals surface area contributed by atoms with Crippen molar-refractivity contribution in [2.24, 2.45) is 5.41 Å². The standard InChI is InChI=1S/C14H24O4S2/c1-5-14(3,4)13(16)17-10(2)12(15)18-11-9-19-7-6-8-20-11/h10-11H,5-9H2,1-4H3. The highest BCUT2D eigenvalue weighted by Crippen LogP contribution is 2.25. The minimum atomic E-state index is -0.845. The largest absolute Gasteiger partial charge is 0.450 e. The van der Waals surface area contributed by atoms with E-state index in [2.05, 4.69) is 0 Å². The van der Waals surface area contributed by atoms with E-state index in [1.54, 1.807) is 30.4 Å². The highest BCUT2D eigenvalue weighted by Gasteiger charge is 2.31. The Kier molecular flexibility index (Phi) is 7.23. The second kappa shape index (κ2) is 8.17. The Bertz CT molecular complexity index is 336. The summed E-state index contributed by atoms with van der Waals surface area (Å²) in [6.45, 7) is 7.11. The molecule has 20 heavy (non-hydrogen) atoms. The average molecular weight is 320 g/mol. The first-order valence-corrected chi connectivity index (χ1v) is 9.18. The predicted octanol–water partition coefficient (Wildman–Crippen LogP) is 3.09. The zero-order chi connectivity index (χ0) is 15.2. The number of thioether (sulfide) groups is 2. The summed E-state index contributed by atoms with van der Waals surface area (Å²) in [6, 6.07) is 0. The van der Waals surface area contributed by atoms with Crippen molar-refractivity contribution < 1.29 is 19.1 Å². The third kappa shape index (κ3) is 5.56. The van der Waals surface area contributed by atoms with Gasteiger partial charge in [-0.2, -0.15) is 11.8 Å². The molecule has 4 nitrogen and oxygen atoms in total. The fourth-order valence-corrected chi connectivity index (χ4v) is 3.78. The Labute approximate surface area is 129 Å². The van der Waals surface area contributed by atoms with Gasteiger partial charge in [-0.1, -0.05) is 6.92 Å². The van der Waals surface area contributed by atoms with Crippen LogP contribution < -0.4 is 0 Å². The number of hydrogen-bond donors (Lipinski definition) is 0. The van der Waals surface area contributed by atoms with E-state index in [0.717, 1.165) is 23.7 Å². The first-order chi connectivity index (χ1) is 9.36. The first-order valence-electron chi connectivity index (χ1n) is 6.97. The van der Waals surface area contributed by atoms with Crippen molar-refractivity contribution in [3.63, 3.8) is 0 Å². The Morgan fingerprint density at radius 1 is 1.35 bits per heavy atom. The quantitative estimate of drug-likeness (QED) is 0.726. The SMILES string of the molecule is CCC(C)(C)C(=O)OC(C)C(=O)OC1CSCCCS1. The molecule has 1 fully saturated rings. The average Bonchev–Trinajstić information content (AvgIpc) is 2.67. The maximum atomic E-state index is 12.0. The van der Waals surface area contributed by atoms with Crippen molar-refractivity contribution in [3.8, 4) is 0 Å². The van der Waals surface area contributed by atoms with Crippen LogP contribution >= 0.6 is 23.5 Å². The molecule has 0 aromatic rings.